The van der Waals surface area contributed by atoms with E-state index in [9.17, 15) is 22.8 Å². The first-order chi connectivity index (χ1) is 17.6. The Morgan fingerprint density at radius 3 is 2.32 bits per heavy atom. The van der Waals surface area contributed by atoms with Gasteiger partial charge in [0.2, 0.25) is 0 Å². The molecule has 37 heavy (non-hydrogen) atoms. The highest BCUT2D eigenvalue weighted by atomic mass is 19.4. The summed E-state index contributed by atoms with van der Waals surface area (Å²) in [6.45, 7) is 1.82. The predicted molar refractivity (Wildman–Crippen MR) is 131 cm³/mol. The number of pyridine rings is 3. The molecule has 0 aliphatic carbocycles. The Hall–Kier alpha value is -4.80. The maximum absolute atomic E-state index is 12.7. The number of nitrogens with zero attached hydrogens (tertiary/aromatic N) is 3. The lowest BCUT2D eigenvalue weighted by Crippen LogP contribution is -2.14. The highest BCUT2D eigenvalue weighted by molar-refractivity contribution is 6.04. The molecule has 0 radical (unpaired) electrons. The molecule has 3 aromatic heterocycles. The lowest BCUT2D eigenvalue weighted by atomic mass is 9.98. The van der Waals surface area contributed by atoms with E-state index in [4.69, 9.17) is 0 Å². The molecule has 0 unspecified atom stereocenters. The van der Waals surface area contributed by atoms with Gasteiger partial charge in [0.05, 0.1) is 24.6 Å². The summed E-state index contributed by atoms with van der Waals surface area (Å²) in [4.78, 5) is 35.9. The van der Waals surface area contributed by atoms with Crippen molar-refractivity contribution in [2.45, 2.75) is 13.1 Å². The Labute approximate surface area is 209 Å². The molecular weight excluding hydrogens is 487 g/mol. The monoisotopic (exact) mass is 507 g/mol. The van der Waals surface area contributed by atoms with Crippen molar-refractivity contribution in [2.75, 3.05) is 17.7 Å². The summed E-state index contributed by atoms with van der Waals surface area (Å²) in [6.07, 6.45) is -1.32. The van der Waals surface area contributed by atoms with E-state index >= 15 is 0 Å². The fraction of sp³-hybridized carbons (Fsp3) is 0.115. The van der Waals surface area contributed by atoms with E-state index in [1.165, 1.54) is 13.3 Å². The lowest BCUT2D eigenvalue weighted by molar-refractivity contribution is -0.141. The number of aryl methyl sites for hydroxylation is 1. The smallest absolute Gasteiger partial charge is 0.433 e. The third-order valence-electron chi connectivity index (χ3n) is 5.34. The standard InChI is InChI=1S/C26H20F3N5O3/c1-15-21(12-20(14-31-15)33-24(35)19-6-7-22(32-13-19)26(27,28)29)18-5-3-4-16(10-18)17-8-9-30-23(11-17)34-25(36)37-2/h3-14H,1-2H3,(H,33,35)(H,30,34,36). The Morgan fingerprint density at radius 2 is 1.62 bits per heavy atom. The van der Waals surface area contributed by atoms with Gasteiger partial charge in [-0.05, 0) is 60.0 Å². The Kier molecular flexibility index (Phi) is 7.14. The Balaban J connectivity index is 1.58. The van der Waals surface area contributed by atoms with Crippen LogP contribution in [-0.2, 0) is 10.9 Å². The minimum atomic E-state index is -4.59. The summed E-state index contributed by atoms with van der Waals surface area (Å²) in [5, 5.41) is 5.17. The van der Waals surface area contributed by atoms with Gasteiger partial charge in [0.25, 0.3) is 5.91 Å². The third-order valence-corrected chi connectivity index (χ3v) is 5.34. The highest BCUT2D eigenvalue weighted by Crippen LogP contribution is 2.30. The molecule has 0 fully saturated rings. The van der Waals surface area contributed by atoms with Crippen molar-refractivity contribution in [3.63, 3.8) is 0 Å². The Morgan fingerprint density at radius 1 is 0.865 bits per heavy atom. The molecule has 2 N–H and O–H groups in total. The van der Waals surface area contributed by atoms with E-state index in [-0.39, 0.29) is 5.56 Å². The molecule has 2 amide bonds. The molecule has 0 aliphatic rings. The molecule has 8 nitrogen and oxygen atoms in total. The average molecular weight is 507 g/mol. The van der Waals surface area contributed by atoms with Crippen molar-refractivity contribution in [1.29, 1.82) is 0 Å². The van der Waals surface area contributed by atoms with Gasteiger partial charge in [-0.2, -0.15) is 13.2 Å². The zero-order valence-corrected chi connectivity index (χ0v) is 19.6. The van der Waals surface area contributed by atoms with E-state index in [1.807, 2.05) is 31.2 Å². The normalized spacial score (nSPS) is 11.1. The number of methoxy groups -OCH3 is 1. The van der Waals surface area contributed by atoms with Crippen LogP contribution in [0.25, 0.3) is 22.3 Å². The van der Waals surface area contributed by atoms with E-state index in [0.29, 0.717) is 17.2 Å². The summed E-state index contributed by atoms with van der Waals surface area (Å²) >= 11 is 0. The van der Waals surface area contributed by atoms with Gasteiger partial charge in [0.1, 0.15) is 11.5 Å². The van der Waals surface area contributed by atoms with Crippen LogP contribution in [0.1, 0.15) is 21.7 Å². The maximum Gasteiger partial charge on any atom is 0.433 e. The number of anilines is 2. The molecule has 0 atom stereocenters. The number of hydrogen-bond donors (Lipinski definition) is 2. The van der Waals surface area contributed by atoms with Gasteiger partial charge in [0, 0.05) is 23.7 Å². The first-order valence-corrected chi connectivity index (χ1v) is 10.9. The molecular formula is C26H20F3N5O3. The first kappa shape index (κ1) is 25.3. The van der Waals surface area contributed by atoms with Crippen LogP contribution < -0.4 is 10.6 Å². The van der Waals surface area contributed by atoms with Crippen molar-refractivity contribution in [3.05, 3.63) is 90.1 Å². The number of hydrogen-bond acceptors (Lipinski definition) is 6. The minimum absolute atomic E-state index is 0.0221. The van der Waals surface area contributed by atoms with Crippen LogP contribution in [0.15, 0.2) is 73.2 Å². The van der Waals surface area contributed by atoms with Gasteiger partial charge in [-0.1, -0.05) is 18.2 Å². The number of nitrogens with one attached hydrogen (secondary N) is 2. The van der Waals surface area contributed by atoms with Crippen molar-refractivity contribution in [2.24, 2.45) is 0 Å². The van der Waals surface area contributed by atoms with Gasteiger partial charge in [0.15, 0.2) is 0 Å². The molecule has 0 saturated heterocycles. The van der Waals surface area contributed by atoms with Gasteiger partial charge in [-0.25, -0.2) is 9.78 Å². The van der Waals surface area contributed by atoms with Gasteiger partial charge >= 0.3 is 12.3 Å². The number of benzene rings is 1. The molecule has 188 valence electrons. The third kappa shape index (κ3) is 6.07. The van der Waals surface area contributed by atoms with Crippen molar-refractivity contribution < 1.29 is 27.5 Å². The first-order valence-electron chi connectivity index (χ1n) is 10.9. The van der Waals surface area contributed by atoms with Crippen molar-refractivity contribution >= 4 is 23.5 Å². The van der Waals surface area contributed by atoms with Crippen LogP contribution in [0.3, 0.4) is 0 Å². The zero-order chi connectivity index (χ0) is 26.6. The summed E-state index contributed by atoms with van der Waals surface area (Å²) in [5.41, 5.74) is 3.17. The number of carbonyl (C=O) groups excluding carboxylic acids is 2. The zero-order valence-electron chi connectivity index (χ0n) is 19.6. The topological polar surface area (TPSA) is 106 Å². The fourth-order valence-electron chi connectivity index (χ4n) is 3.49. The van der Waals surface area contributed by atoms with Crippen LogP contribution in [0.2, 0.25) is 0 Å². The SMILES string of the molecule is COC(=O)Nc1cc(-c2cccc(-c3cc(NC(=O)c4ccc(C(F)(F)F)nc4)cnc3C)c2)ccn1. The summed E-state index contributed by atoms with van der Waals surface area (Å²) in [6, 6.07) is 14.6. The quantitative estimate of drug-likeness (QED) is 0.345. The van der Waals surface area contributed by atoms with E-state index in [0.717, 1.165) is 40.6 Å². The number of amides is 2. The van der Waals surface area contributed by atoms with Crippen LogP contribution >= 0.6 is 0 Å². The summed E-state index contributed by atoms with van der Waals surface area (Å²) in [7, 11) is 1.26. The average Bonchev–Trinajstić information content (AvgIpc) is 2.89. The lowest BCUT2D eigenvalue weighted by Gasteiger charge is -2.12. The predicted octanol–water partition coefficient (Wildman–Crippen LogP) is 5.96. The van der Waals surface area contributed by atoms with E-state index < -0.39 is 23.9 Å². The van der Waals surface area contributed by atoms with Crippen LogP contribution in [0.5, 0.6) is 0 Å². The molecule has 3 heterocycles. The second-order valence-corrected chi connectivity index (χ2v) is 7.87. The largest absolute Gasteiger partial charge is 0.453 e. The fourth-order valence-corrected chi connectivity index (χ4v) is 3.49. The number of carbonyl (C=O) groups is 2. The van der Waals surface area contributed by atoms with Crippen LogP contribution in [0, 0.1) is 6.92 Å². The Bertz CT molecular complexity index is 1460. The van der Waals surface area contributed by atoms with Crippen molar-refractivity contribution in [1.82, 2.24) is 15.0 Å². The van der Waals surface area contributed by atoms with Gasteiger partial charge in [-0.15, -0.1) is 0 Å². The number of ether oxygens (including phenoxy) is 1. The second kappa shape index (κ2) is 10.4. The molecule has 4 rings (SSSR count). The van der Waals surface area contributed by atoms with Crippen LogP contribution in [-0.4, -0.2) is 34.1 Å². The minimum Gasteiger partial charge on any atom is -0.453 e. The molecule has 0 bridgehead atoms. The number of aromatic nitrogens is 3. The molecule has 0 aliphatic heterocycles. The van der Waals surface area contributed by atoms with E-state index in [1.54, 1.807) is 24.4 Å². The van der Waals surface area contributed by atoms with Crippen LogP contribution in [0.4, 0.5) is 29.5 Å². The second-order valence-electron chi connectivity index (χ2n) is 7.87. The molecule has 4 aromatic rings. The molecule has 0 saturated carbocycles. The molecule has 0 spiro atoms. The maximum atomic E-state index is 12.7. The number of alkyl halides is 3. The number of rotatable bonds is 5. The highest BCUT2D eigenvalue weighted by Gasteiger charge is 2.32. The molecule has 1 aromatic carbocycles. The molecule has 11 heteroatoms. The van der Waals surface area contributed by atoms with Gasteiger partial charge in [-0.3, -0.25) is 20.1 Å². The van der Waals surface area contributed by atoms with Crippen molar-refractivity contribution in [3.8, 4) is 22.3 Å². The number of halogens is 3. The van der Waals surface area contributed by atoms with Gasteiger partial charge < -0.3 is 10.1 Å². The summed E-state index contributed by atoms with van der Waals surface area (Å²) < 4.78 is 42.8. The summed E-state index contributed by atoms with van der Waals surface area (Å²) in [5.74, 6) is -0.288. The van der Waals surface area contributed by atoms with E-state index in [2.05, 4.69) is 30.3 Å².